The predicted molar refractivity (Wildman–Crippen MR) is 55.4 cm³/mol. The first kappa shape index (κ1) is 9.39. The third-order valence-corrected chi connectivity index (χ3v) is 1.64. The first-order chi connectivity index (χ1) is 6.38. The maximum atomic E-state index is 5.20. The van der Waals surface area contributed by atoms with Crippen molar-refractivity contribution in [2.24, 2.45) is 5.73 Å². The molecule has 68 valence electrons. The molecule has 2 nitrogen and oxygen atoms in total. The number of benzene rings is 1. The van der Waals surface area contributed by atoms with Crippen LogP contribution in [-0.2, 0) is 0 Å². The smallest absolute Gasteiger partial charge is 0.126 e. The molecule has 0 radical (unpaired) electrons. The molecular weight excluding hydrogens is 162 g/mol. The number of hydrogen-bond acceptors (Lipinski definition) is 2. The molecule has 0 saturated heterocycles. The van der Waals surface area contributed by atoms with Crippen molar-refractivity contribution in [2.45, 2.75) is 0 Å². The number of allylic oxidation sites excluding steroid dienone is 2. The average molecular weight is 175 g/mol. The second kappa shape index (κ2) is 5.04. The van der Waals surface area contributed by atoms with Crippen LogP contribution in [0, 0.1) is 0 Å². The van der Waals surface area contributed by atoms with E-state index in [1.165, 1.54) is 6.20 Å². The summed E-state index contributed by atoms with van der Waals surface area (Å²) in [7, 11) is 1.66. The number of methoxy groups -OCH3 is 1. The van der Waals surface area contributed by atoms with Crippen LogP contribution in [0.5, 0.6) is 5.75 Å². The molecule has 1 rings (SSSR count). The zero-order valence-electron chi connectivity index (χ0n) is 7.60. The summed E-state index contributed by atoms with van der Waals surface area (Å²) in [5.41, 5.74) is 6.24. The number of para-hydroxylation sites is 1. The summed E-state index contributed by atoms with van der Waals surface area (Å²) in [5.74, 6) is 0.865. The lowest BCUT2D eigenvalue weighted by molar-refractivity contribution is 0.414. The molecule has 1 aromatic rings. The Morgan fingerprint density at radius 1 is 1.23 bits per heavy atom. The molecule has 13 heavy (non-hydrogen) atoms. The molecule has 0 saturated carbocycles. The van der Waals surface area contributed by atoms with Crippen LogP contribution in [0.3, 0.4) is 0 Å². The Bertz CT molecular complexity index is 316. The van der Waals surface area contributed by atoms with E-state index in [-0.39, 0.29) is 0 Å². The topological polar surface area (TPSA) is 35.2 Å². The van der Waals surface area contributed by atoms with Crippen LogP contribution in [0.25, 0.3) is 6.08 Å². The Morgan fingerprint density at radius 2 is 2.00 bits per heavy atom. The molecule has 0 aliphatic heterocycles. The highest BCUT2D eigenvalue weighted by Crippen LogP contribution is 2.18. The van der Waals surface area contributed by atoms with Crippen molar-refractivity contribution < 1.29 is 4.74 Å². The SMILES string of the molecule is COc1ccccc1C=CC=CN. The summed E-state index contributed by atoms with van der Waals surface area (Å²) in [6.45, 7) is 0. The van der Waals surface area contributed by atoms with Gasteiger partial charge in [-0.25, -0.2) is 0 Å². The summed E-state index contributed by atoms with van der Waals surface area (Å²) in [6, 6.07) is 7.81. The molecule has 0 aromatic heterocycles. The van der Waals surface area contributed by atoms with Gasteiger partial charge in [-0.2, -0.15) is 0 Å². The minimum atomic E-state index is 0.865. The molecule has 0 amide bonds. The molecular formula is C11H13NO. The van der Waals surface area contributed by atoms with Crippen molar-refractivity contribution >= 4 is 6.08 Å². The Hall–Kier alpha value is -1.70. The highest BCUT2D eigenvalue weighted by atomic mass is 16.5. The zero-order chi connectivity index (χ0) is 9.52. The van der Waals surface area contributed by atoms with Gasteiger partial charge >= 0.3 is 0 Å². The molecule has 0 spiro atoms. The van der Waals surface area contributed by atoms with E-state index in [4.69, 9.17) is 10.5 Å². The number of ether oxygens (including phenoxy) is 1. The summed E-state index contributed by atoms with van der Waals surface area (Å²) in [5, 5.41) is 0. The quantitative estimate of drug-likeness (QED) is 0.714. The molecule has 0 heterocycles. The first-order valence-corrected chi connectivity index (χ1v) is 4.06. The average Bonchev–Trinajstić information content (AvgIpc) is 2.19. The molecule has 2 N–H and O–H groups in total. The van der Waals surface area contributed by atoms with Gasteiger partial charge in [0.05, 0.1) is 7.11 Å². The third kappa shape index (κ3) is 2.67. The van der Waals surface area contributed by atoms with Gasteiger partial charge in [-0.15, -0.1) is 0 Å². The van der Waals surface area contributed by atoms with E-state index in [0.29, 0.717) is 0 Å². The van der Waals surface area contributed by atoms with E-state index in [1.807, 2.05) is 36.4 Å². The van der Waals surface area contributed by atoms with Crippen molar-refractivity contribution in [1.29, 1.82) is 0 Å². The molecule has 1 aromatic carbocycles. The summed E-state index contributed by atoms with van der Waals surface area (Å²) < 4.78 is 5.17. The fourth-order valence-corrected chi connectivity index (χ4v) is 1.03. The monoisotopic (exact) mass is 175 g/mol. The second-order valence-corrected chi connectivity index (χ2v) is 2.49. The number of rotatable bonds is 3. The van der Waals surface area contributed by atoms with Crippen molar-refractivity contribution in [3.05, 3.63) is 48.2 Å². The fourth-order valence-electron chi connectivity index (χ4n) is 1.03. The van der Waals surface area contributed by atoms with E-state index in [2.05, 4.69) is 0 Å². The standard InChI is InChI=1S/C11H13NO/c1-13-11-8-3-2-6-10(11)7-4-5-9-12/h2-9H,12H2,1H3. The molecule has 0 unspecified atom stereocenters. The van der Waals surface area contributed by atoms with Gasteiger partial charge in [0.25, 0.3) is 0 Å². The lowest BCUT2D eigenvalue weighted by atomic mass is 10.2. The molecule has 2 heteroatoms. The van der Waals surface area contributed by atoms with Crippen LogP contribution >= 0.6 is 0 Å². The van der Waals surface area contributed by atoms with E-state index >= 15 is 0 Å². The van der Waals surface area contributed by atoms with E-state index in [9.17, 15) is 0 Å². The van der Waals surface area contributed by atoms with Crippen LogP contribution in [0.15, 0.2) is 42.6 Å². The van der Waals surface area contributed by atoms with Gasteiger partial charge in [0.15, 0.2) is 0 Å². The van der Waals surface area contributed by atoms with Crippen LogP contribution in [-0.4, -0.2) is 7.11 Å². The Labute approximate surface area is 78.3 Å². The first-order valence-electron chi connectivity index (χ1n) is 4.06. The molecule has 0 atom stereocenters. The number of nitrogens with two attached hydrogens (primary N) is 1. The van der Waals surface area contributed by atoms with Crippen LogP contribution in [0.4, 0.5) is 0 Å². The second-order valence-electron chi connectivity index (χ2n) is 2.49. The lowest BCUT2D eigenvalue weighted by Crippen LogP contribution is -1.85. The van der Waals surface area contributed by atoms with Crippen molar-refractivity contribution in [1.82, 2.24) is 0 Å². The van der Waals surface area contributed by atoms with E-state index in [1.54, 1.807) is 13.2 Å². The van der Waals surface area contributed by atoms with Gasteiger partial charge in [-0.3, -0.25) is 0 Å². The summed E-state index contributed by atoms with van der Waals surface area (Å²) >= 11 is 0. The van der Waals surface area contributed by atoms with Crippen LogP contribution < -0.4 is 10.5 Å². The van der Waals surface area contributed by atoms with Gasteiger partial charge in [0.1, 0.15) is 5.75 Å². The number of hydrogen-bond donors (Lipinski definition) is 1. The maximum Gasteiger partial charge on any atom is 0.126 e. The summed E-state index contributed by atoms with van der Waals surface area (Å²) in [6.07, 6.45) is 7.08. The Morgan fingerprint density at radius 3 is 2.69 bits per heavy atom. The molecule has 0 bridgehead atoms. The maximum absolute atomic E-state index is 5.20. The van der Waals surface area contributed by atoms with E-state index in [0.717, 1.165) is 11.3 Å². The van der Waals surface area contributed by atoms with Crippen LogP contribution in [0.2, 0.25) is 0 Å². The molecule has 0 fully saturated rings. The normalized spacial score (nSPS) is 11.2. The van der Waals surface area contributed by atoms with Crippen LogP contribution in [0.1, 0.15) is 5.56 Å². The Kier molecular flexibility index (Phi) is 3.64. The summed E-state index contributed by atoms with van der Waals surface area (Å²) in [4.78, 5) is 0. The highest BCUT2D eigenvalue weighted by Gasteiger charge is 1.94. The molecule has 0 aliphatic carbocycles. The fraction of sp³-hybridized carbons (Fsp3) is 0.0909. The van der Waals surface area contributed by atoms with Gasteiger partial charge in [-0.05, 0) is 18.3 Å². The zero-order valence-corrected chi connectivity index (χ0v) is 7.60. The largest absolute Gasteiger partial charge is 0.496 e. The Balaban J connectivity index is 2.86. The minimum absolute atomic E-state index is 0.865. The van der Waals surface area contributed by atoms with Crippen molar-refractivity contribution in [2.75, 3.05) is 7.11 Å². The van der Waals surface area contributed by atoms with Gasteiger partial charge in [-0.1, -0.05) is 30.4 Å². The predicted octanol–water partition coefficient (Wildman–Crippen LogP) is 2.18. The third-order valence-electron chi connectivity index (χ3n) is 1.64. The minimum Gasteiger partial charge on any atom is -0.496 e. The van der Waals surface area contributed by atoms with Gasteiger partial charge in [0, 0.05) is 5.56 Å². The van der Waals surface area contributed by atoms with Gasteiger partial charge in [0.2, 0.25) is 0 Å². The molecule has 0 aliphatic rings. The van der Waals surface area contributed by atoms with E-state index < -0.39 is 0 Å². The lowest BCUT2D eigenvalue weighted by Gasteiger charge is -2.02. The van der Waals surface area contributed by atoms with Gasteiger partial charge < -0.3 is 10.5 Å². The highest BCUT2D eigenvalue weighted by molar-refractivity contribution is 5.58. The van der Waals surface area contributed by atoms with Crippen molar-refractivity contribution in [3.8, 4) is 5.75 Å². The van der Waals surface area contributed by atoms with Crippen molar-refractivity contribution in [3.63, 3.8) is 0 Å².